The Hall–Kier alpha value is -2.96. The Morgan fingerprint density at radius 3 is 2.74 bits per heavy atom. The molecule has 0 spiro atoms. The minimum Gasteiger partial charge on any atom is -0.480 e. The fourth-order valence-corrected chi connectivity index (χ4v) is 2.00. The highest BCUT2D eigenvalue weighted by molar-refractivity contribution is 6.01. The fraction of sp³-hybridized carbons (Fsp3) is 0.250. The number of hydrogen-bond donors (Lipinski definition) is 2. The van der Waals surface area contributed by atoms with Crippen LogP contribution in [0.15, 0.2) is 40.9 Å². The van der Waals surface area contributed by atoms with Crippen molar-refractivity contribution in [1.29, 1.82) is 0 Å². The molecule has 7 heteroatoms. The maximum absolute atomic E-state index is 12.4. The van der Waals surface area contributed by atoms with Gasteiger partial charge in [-0.2, -0.15) is 4.98 Å². The van der Waals surface area contributed by atoms with Crippen LogP contribution in [0.3, 0.4) is 0 Å². The molecule has 1 unspecified atom stereocenters. The maximum atomic E-state index is 12.4. The van der Waals surface area contributed by atoms with Gasteiger partial charge in [-0.1, -0.05) is 29.4 Å². The van der Waals surface area contributed by atoms with Crippen LogP contribution in [0.4, 0.5) is 0 Å². The fourth-order valence-electron chi connectivity index (χ4n) is 2.00. The summed E-state index contributed by atoms with van der Waals surface area (Å²) in [5, 5.41) is 15.4. The number of carboxylic acid groups (broad SMARTS) is 1. The third kappa shape index (κ3) is 4.03. The van der Waals surface area contributed by atoms with Gasteiger partial charge in [-0.3, -0.25) is 4.79 Å². The van der Waals surface area contributed by atoms with Gasteiger partial charge in [0.05, 0.1) is 11.1 Å². The number of rotatable bonds is 6. The molecule has 0 aliphatic carbocycles. The number of aryl methyl sites for hydroxylation is 1. The first-order valence-corrected chi connectivity index (χ1v) is 7.07. The van der Waals surface area contributed by atoms with Crippen molar-refractivity contribution in [3.8, 4) is 11.5 Å². The largest absolute Gasteiger partial charge is 0.480 e. The van der Waals surface area contributed by atoms with E-state index in [9.17, 15) is 14.7 Å². The summed E-state index contributed by atoms with van der Waals surface area (Å²) >= 11 is 0. The average molecular weight is 315 g/mol. The summed E-state index contributed by atoms with van der Waals surface area (Å²) in [6.45, 7) is 3.46. The van der Waals surface area contributed by atoms with E-state index >= 15 is 0 Å². The third-order valence-electron chi connectivity index (χ3n) is 3.14. The molecule has 0 aliphatic rings. The van der Waals surface area contributed by atoms with Crippen molar-refractivity contribution in [3.05, 3.63) is 47.8 Å². The quantitative estimate of drug-likeness (QED) is 0.792. The van der Waals surface area contributed by atoms with Gasteiger partial charge in [0.1, 0.15) is 6.04 Å². The molecule has 1 aromatic carbocycles. The lowest BCUT2D eigenvalue weighted by atomic mass is 10.1. The standard InChI is InChI=1S/C16H17N3O4/c1-3-4-9-13(16(21)22)18-14(20)11-7-5-6-8-12(11)15-17-10(2)19-23-15/h3-8,13H,9H2,1-2H3,(H,18,20)(H,21,22)/b4-3+. The molecule has 120 valence electrons. The van der Waals surface area contributed by atoms with E-state index in [1.165, 1.54) is 0 Å². The van der Waals surface area contributed by atoms with Crippen molar-refractivity contribution in [2.75, 3.05) is 0 Å². The highest BCUT2D eigenvalue weighted by atomic mass is 16.5. The second kappa shape index (κ2) is 7.35. The second-order valence-corrected chi connectivity index (χ2v) is 4.86. The van der Waals surface area contributed by atoms with Crippen molar-refractivity contribution in [1.82, 2.24) is 15.5 Å². The molecular formula is C16H17N3O4. The van der Waals surface area contributed by atoms with Crippen molar-refractivity contribution in [3.63, 3.8) is 0 Å². The SMILES string of the molecule is C/C=C/CC(NC(=O)c1ccccc1-c1nc(C)no1)C(=O)O. The smallest absolute Gasteiger partial charge is 0.326 e. The Labute approximate surface area is 133 Å². The van der Waals surface area contributed by atoms with Crippen LogP contribution in [0.2, 0.25) is 0 Å². The molecule has 0 fully saturated rings. The van der Waals surface area contributed by atoms with Crippen molar-refractivity contribution in [2.45, 2.75) is 26.3 Å². The van der Waals surface area contributed by atoms with Gasteiger partial charge in [-0.25, -0.2) is 4.79 Å². The van der Waals surface area contributed by atoms with Gasteiger partial charge in [0.15, 0.2) is 5.82 Å². The van der Waals surface area contributed by atoms with E-state index in [1.54, 1.807) is 50.3 Å². The van der Waals surface area contributed by atoms with E-state index in [0.29, 0.717) is 11.4 Å². The van der Waals surface area contributed by atoms with E-state index in [0.717, 1.165) is 0 Å². The van der Waals surface area contributed by atoms with Crippen LogP contribution in [0.25, 0.3) is 11.5 Å². The van der Waals surface area contributed by atoms with Crippen molar-refractivity contribution in [2.24, 2.45) is 0 Å². The molecule has 0 saturated carbocycles. The summed E-state index contributed by atoms with van der Waals surface area (Å²) in [6, 6.07) is 5.67. The lowest BCUT2D eigenvalue weighted by molar-refractivity contribution is -0.139. The van der Waals surface area contributed by atoms with Crippen LogP contribution in [0, 0.1) is 6.92 Å². The number of carboxylic acids is 1. The van der Waals surface area contributed by atoms with Gasteiger partial charge in [0, 0.05) is 0 Å². The molecular weight excluding hydrogens is 298 g/mol. The van der Waals surface area contributed by atoms with Crippen molar-refractivity contribution < 1.29 is 19.2 Å². The number of carbonyl (C=O) groups excluding carboxylic acids is 1. The Morgan fingerprint density at radius 1 is 1.39 bits per heavy atom. The van der Waals surface area contributed by atoms with Crippen LogP contribution in [-0.4, -0.2) is 33.2 Å². The molecule has 1 atom stereocenters. The number of allylic oxidation sites excluding steroid dienone is 1. The first kappa shape index (κ1) is 16.4. The molecule has 7 nitrogen and oxygen atoms in total. The molecule has 1 heterocycles. The zero-order valence-corrected chi connectivity index (χ0v) is 12.8. The molecule has 0 aliphatic heterocycles. The topological polar surface area (TPSA) is 105 Å². The van der Waals surface area contributed by atoms with E-state index in [-0.39, 0.29) is 17.9 Å². The summed E-state index contributed by atoms with van der Waals surface area (Å²) < 4.78 is 5.09. The summed E-state index contributed by atoms with van der Waals surface area (Å²) in [5.74, 6) is -0.934. The first-order valence-electron chi connectivity index (χ1n) is 7.07. The molecule has 1 amide bonds. The minimum absolute atomic E-state index is 0.208. The number of amides is 1. The number of carbonyl (C=O) groups is 2. The molecule has 1 aromatic heterocycles. The number of hydrogen-bond acceptors (Lipinski definition) is 5. The van der Waals surface area contributed by atoms with Crippen LogP contribution in [-0.2, 0) is 4.79 Å². The van der Waals surface area contributed by atoms with Crippen LogP contribution in [0.1, 0.15) is 29.5 Å². The number of aromatic nitrogens is 2. The molecule has 2 N–H and O–H groups in total. The van der Waals surface area contributed by atoms with Gasteiger partial charge in [0.2, 0.25) is 0 Å². The third-order valence-corrected chi connectivity index (χ3v) is 3.14. The summed E-state index contributed by atoms with van der Waals surface area (Å²) in [7, 11) is 0. The molecule has 0 saturated heterocycles. The average Bonchev–Trinajstić information content (AvgIpc) is 2.97. The van der Waals surface area contributed by atoms with E-state index < -0.39 is 17.9 Å². The molecule has 2 rings (SSSR count). The zero-order chi connectivity index (χ0) is 16.8. The van der Waals surface area contributed by atoms with Gasteiger partial charge >= 0.3 is 5.97 Å². The van der Waals surface area contributed by atoms with Crippen LogP contribution < -0.4 is 5.32 Å². The Kier molecular flexibility index (Phi) is 5.24. The lowest BCUT2D eigenvalue weighted by Crippen LogP contribution is -2.40. The van der Waals surface area contributed by atoms with E-state index in [4.69, 9.17) is 4.52 Å². The van der Waals surface area contributed by atoms with Crippen LogP contribution in [0.5, 0.6) is 0 Å². The van der Waals surface area contributed by atoms with Gasteiger partial charge in [-0.05, 0) is 32.4 Å². The highest BCUT2D eigenvalue weighted by Crippen LogP contribution is 2.22. The molecule has 0 radical (unpaired) electrons. The Balaban J connectivity index is 2.27. The van der Waals surface area contributed by atoms with Crippen LogP contribution >= 0.6 is 0 Å². The maximum Gasteiger partial charge on any atom is 0.326 e. The minimum atomic E-state index is -1.09. The number of nitrogens with zero attached hydrogens (tertiary/aromatic N) is 2. The number of benzene rings is 1. The summed E-state index contributed by atoms with van der Waals surface area (Å²) in [5.41, 5.74) is 0.739. The van der Waals surface area contributed by atoms with E-state index in [1.807, 2.05) is 0 Å². The molecule has 2 aromatic rings. The van der Waals surface area contributed by atoms with Gasteiger partial charge in [0.25, 0.3) is 11.8 Å². The van der Waals surface area contributed by atoms with Crippen molar-refractivity contribution >= 4 is 11.9 Å². The zero-order valence-electron chi connectivity index (χ0n) is 12.8. The monoisotopic (exact) mass is 315 g/mol. The van der Waals surface area contributed by atoms with Gasteiger partial charge in [-0.15, -0.1) is 0 Å². The molecule has 0 bridgehead atoms. The first-order chi connectivity index (χ1) is 11.0. The number of nitrogens with one attached hydrogen (secondary N) is 1. The molecule has 23 heavy (non-hydrogen) atoms. The van der Waals surface area contributed by atoms with E-state index in [2.05, 4.69) is 15.5 Å². The Morgan fingerprint density at radius 2 is 2.13 bits per heavy atom. The summed E-state index contributed by atoms with van der Waals surface area (Å²) in [6.07, 6.45) is 3.63. The Bertz CT molecular complexity index is 736. The second-order valence-electron chi connectivity index (χ2n) is 4.86. The summed E-state index contributed by atoms with van der Waals surface area (Å²) in [4.78, 5) is 27.8. The predicted molar refractivity (Wildman–Crippen MR) is 82.8 cm³/mol. The lowest BCUT2D eigenvalue weighted by Gasteiger charge is -2.13. The predicted octanol–water partition coefficient (Wildman–Crippen LogP) is 2.19. The highest BCUT2D eigenvalue weighted by Gasteiger charge is 2.22. The number of aliphatic carboxylic acids is 1. The van der Waals surface area contributed by atoms with Gasteiger partial charge < -0.3 is 14.9 Å². The normalized spacial score (nSPS) is 12.3.